The first-order valence-corrected chi connectivity index (χ1v) is 7.81. The number of rotatable bonds is 2. The van der Waals surface area contributed by atoms with E-state index in [1.807, 2.05) is 6.92 Å². The molecule has 0 aliphatic carbocycles. The van der Waals surface area contributed by atoms with Crippen molar-refractivity contribution in [2.75, 3.05) is 0 Å². The first-order valence-electron chi connectivity index (χ1n) is 4.88. The van der Waals surface area contributed by atoms with Crippen LogP contribution in [0.5, 0.6) is 0 Å². The van der Waals surface area contributed by atoms with Gasteiger partial charge in [-0.1, -0.05) is 35.7 Å². The van der Waals surface area contributed by atoms with Gasteiger partial charge in [0.05, 0.1) is 14.0 Å². The van der Waals surface area contributed by atoms with Gasteiger partial charge in [-0.05, 0) is 27.7 Å². The van der Waals surface area contributed by atoms with Gasteiger partial charge in [0.2, 0.25) is 0 Å². The van der Waals surface area contributed by atoms with Gasteiger partial charge in [0.15, 0.2) is 11.6 Å². The highest BCUT2D eigenvalue weighted by atomic mass is 32.2. The smallest absolute Gasteiger partial charge is 0.167 e. The van der Waals surface area contributed by atoms with E-state index in [-0.39, 0.29) is 11.6 Å². The highest BCUT2D eigenvalue weighted by molar-refractivity contribution is 8.22. The number of ketones is 2. The topological polar surface area (TPSA) is 34.1 Å². The van der Waals surface area contributed by atoms with Gasteiger partial charge in [-0.3, -0.25) is 9.59 Å². The van der Waals surface area contributed by atoms with Crippen molar-refractivity contribution in [3.8, 4) is 0 Å². The zero-order valence-electron chi connectivity index (χ0n) is 10.4. The molecule has 0 saturated heterocycles. The van der Waals surface area contributed by atoms with Crippen LogP contribution in [-0.4, -0.2) is 15.8 Å². The third kappa shape index (κ3) is 6.47. The van der Waals surface area contributed by atoms with E-state index in [0.717, 1.165) is 9.14 Å². The lowest BCUT2D eigenvalue weighted by Gasteiger charge is -2.17. The average molecular weight is 339 g/mol. The molecule has 2 nitrogen and oxygen atoms in total. The molecule has 0 aromatic carbocycles. The molecular weight excluding hydrogens is 324 g/mol. The minimum absolute atomic E-state index is 0.0621. The quantitative estimate of drug-likeness (QED) is 0.581. The number of Topliss-reactive ketones (excluding diaryl/α,β-unsaturated/α-hetero) is 2. The summed E-state index contributed by atoms with van der Waals surface area (Å²) in [6.45, 7) is 6.59. The van der Waals surface area contributed by atoms with Crippen molar-refractivity contribution in [2.24, 2.45) is 0 Å². The summed E-state index contributed by atoms with van der Waals surface area (Å²) in [4.78, 5) is 24.6. The third-order valence-electron chi connectivity index (χ3n) is 1.60. The van der Waals surface area contributed by atoms with Crippen molar-refractivity contribution in [1.29, 1.82) is 0 Å². The lowest BCUT2D eigenvalue weighted by Crippen LogP contribution is -2.05. The summed E-state index contributed by atoms with van der Waals surface area (Å²) in [7, 11) is 0. The number of allylic oxidation sites excluding steroid dienone is 3. The van der Waals surface area contributed by atoms with E-state index in [9.17, 15) is 9.59 Å². The maximum absolute atomic E-state index is 11.3. The van der Waals surface area contributed by atoms with Crippen LogP contribution in [0.25, 0.3) is 0 Å². The monoisotopic (exact) mass is 338 g/mol. The number of carbonyl (C=O) groups excluding carboxylic acids is 2. The van der Waals surface area contributed by atoms with Crippen molar-refractivity contribution >= 4 is 76.8 Å². The maximum Gasteiger partial charge on any atom is 0.167 e. The zero-order valence-corrected chi connectivity index (χ0v) is 14.7. The number of thiocarbonyl (C=S) groups is 1. The first kappa shape index (κ1) is 18.3. The van der Waals surface area contributed by atoms with E-state index in [4.69, 9.17) is 0 Å². The molecule has 1 aliphatic rings. The molecular formula is C11H14O2S5. The molecule has 0 N–H and O–H groups in total. The fraction of sp³-hybridized carbons (Fsp3) is 0.364. The number of hydrogen-bond donors (Lipinski definition) is 2. The van der Waals surface area contributed by atoms with Crippen LogP contribution in [0, 0.1) is 0 Å². The van der Waals surface area contributed by atoms with Gasteiger partial charge >= 0.3 is 0 Å². The Balaban J connectivity index is 0.000000631. The first-order chi connectivity index (χ1) is 8.16. The molecule has 100 valence electrons. The second kappa shape index (κ2) is 8.47. The summed E-state index contributed by atoms with van der Waals surface area (Å²) < 4.78 is 1.49. The Hall–Kier alpha value is 0.310. The number of thioether (sulfide) groups is 2. The highest BCUT2D eigenvalue weighted by Gasteiger charge is 2.23. The molecule has 0 fully saturated rings. The summed E-state index contributed by atoms with van der Waals surface area (Å²) in [5.41, 5.74) is 0. The van der Waals surface area contributed by atoms with Gasteiger partial charge < -0.3 is 0 Å². The van der Waals surface area contributed by atoms with Gasteiger partial charge in [0, 0.05) is 9.10 Å². The SMILES string of the molecule is CC(=O)C1=C(C(C)=O)SC(S)=C(C)S1.CC(=S)S. The molecule has 0 amide bonds. The normalized spacial score (nSPS) is 15.0. The minimum atomic E-state index is -0.0771. The van der Waals surface area contributed by atoms with Gasteiger partial charge in [-0.15, -0.1) is 25.3 Å². The molecule has 0 unspecified atom stereocenters. The average Bonchev–Trinajstić information content (AvgIpc) is 2.19. The van der Waals surface area contributed by atoms with Crippen LogP contribution in [0.1, 0.15) is 27.7 Å². The van der Waals surface area contributed by atoms with Crippen LogP contribution < -0.4 is 0 Å². The van der Waals surface area contributed by atoms with E-state index in [0.29, 0.717) is 14.0 Å². The van der Waals surface area contributed by atoms with Crippen molar-refractivity contribution in [3.63, 3.8) is 0 Å². The molecule has 1 aliphatic heterocycles. The Labute approximate surface area is 132 Å². The molecule has 0 aromatic heterocycles. The fourth-order valence-corrected chi connectivity index (χ4v) is 3.32. The van der Waals surface area contributed by atoms with Gasteiger partial charge in [0.1, 0.15) is 0 Å². The summed E-state index contributed by atoms with van der Waals surface area (Å²) >= 11 is 14.9. The molecule has 7 heteroatoms. The number of thiol groups is 2. The van der Waals surface area contributed by atoms with Crippen LogP contribution in [-0.2, 0) is 9.59 Å². The summed E-state index contributed by atoms with van der Waals surface area (Å²) in [6.07, 6.45) is 0. The Morgan fingerprint density at radius 3 is 1.72 bits per heavy atom. The molecule has 1 heterocycles. The number of hydrogen-bond acceptors (Lipinski definition) is 6. The van der Waals surface area contributed by atoms with Gasteiger partial charge in [-0.25, -0.2) is 0 Å². The molecule has 0 bridgehead atoms. The van der Waals surface area contributed by atoms with Crippen molar-refractivity contribution in [2.45, 2.75) is 27.7 Å². The van der Waals surface area contributed by atoms with E-state index in [2.05, 4.69) is 37.5 Å². The van der Waals surface area contributed by atoms with Crippen LogP contribution in [0.15, 0.2) is 19.0 Å². The third-order valence-corrected chi connectivity index (χ3v) is 5.02. The van der Waals surface area contributed by atoms with E-state index in [1.165, 1.54) is 37.4 Å². The predicted molar refractivity (Wildman–Crippen MR) is 92.5 cm³/mol. The molecule has 0 spiro atoms. The van der Waals surface area contributed by atoms with Crippen molar-refractivity contribution in [3.05, 3.63) is 19.0 Å². The summed E-state index contributed by atoms with van der Waals surface area (Å²) in [5.74, 6) is -0.139. The summed E-state index contributed by atoms with van der Waals surface area (Å²) in [6, 6.07) is 0. The Bertz CT molecular complexity index is 410. The van der Waals surface area contributed by atoms with E-state index in [1.54, 1.807) is 6.92 Å². The van der Waals surface area contributed by atoms with Crippen LogP contribution in [0.2, 0.25) is 0 Å². The summed E-state index contributed by atoms with van der Waals surface area (Å²) in [5, 5.41) is 0. The molecule has 0 radical (unpaired) electrons. The van der Waals surface area contributed by atoms with Crippen molar-refractivity contribution < 1.29 is 9.59 Å². The van der Waals surface area contributed by atoms with Crippen LogP contribution in [0.4, 0.5) is 0 Å². The maximum atomic E-state index is 11.3. The predicted octanol–water partition coefficient (Wildman–Crippen LogP) is 4.24. The molecule has 1 rings (SSSR count). The lowest BCUT2D eigenvalue weighted by atomic mass is 10.3. The minimum Gasteiger partial charge on any atom is -0.294 e. The molecule has 0 saturated carbocycles. The van der Waals surface area contributed by atoms with Crippen LogP contribution >= 0.6 is 61.0 Å². The van der Waals surface area contributed by atoms with E-state index < -0.39 is 0 Å². The molecule has 18 heavy (non-hydrogen) atoms. The van der Waals surface area contributed by atoms with Crippen molar-refractivity contribution in [1.82, 2.24) is 0 Å². The van der Waals surface area contributed by atoms with Crippen LogP contribution in [0.3, 0.4) is 0 Å². The highest BCUT2D eigenvalue weighted by Crippen LogP contribution is 2.46. The Morgan fingerprint density at radius 2 is 1.39 bits per heavy atom. The van der Waals surface area contributed by atoms with Gasteiger partial charge in [0.25, 0.3) is 0 Å². The zero-order chi connectivity index (χ0) is 14.5. The standard InChI is InChI=1S/C9H10O2S3.C2H4S2/c1-4(10)7-8(5(2)11)14-9(12)6(3)13-7;1-2(3)4/h12H,1-3H3;1H3,(H,3,4). The Morgan fingerprint density at radius 1 is 1.06 bits per heavy atom. The molecule has 0 aromatic rings. The Kier molecular flexibility index (Phi) is 8.62. The molecule has 0 atom stereocenters. The second-order valence-electron chi connectivity index (χ2n) is 3.36. The largest absolute Gasteiger partial charge is 0.294 e. The lowest BCUT2D eigenvalue weighted by molar-refractivity contribution is -0.115. The van der Waals surface area contributed by atoms with Gasteiger partial charge in [-0.2, -0.15) is 0 Å². The fourth-order valence-electron chi connectivity index (χ4n) is 0.921. The van der Waals surface area contributed by atoms with E-state index >= 15 is 0 Å². The second-order valence-corrected chi connectivity index (χ2v) is 7.94. The number of carbonyl (C=O) groups is 2.